The normalized spacial score (nSPS) is 19.1. The van der Waals surface area contributed by atoms with E-state index in [9.17, 15) is 14.7 Å². The molecule has 4 nitrogen and oxygen atoms in total. The smallest absolute Gasteiger partial charge is 0.341 e. The van der Waals surface area contributed by atoms with Crippen molar-refractivity contribution in [2.45, 2.75) is 20.3 Å². The van der Waals surface area contributed by atoms with Gasteiger partial charge in [0.1, 0.15) is 5.57 Å². The summed E-state index contributed by atoms with van der Waals surface area (Å²) in [5, 5.41) is 9.84. The molecule has 1 aliphatic heterocycles. The largest absolute Gasteiger partial charge is 0.477 e. The average molecular weight is 292 g/mol. The van der Waals surface area contributed by atoms with E-state index in [1.165, 1.54) is 0 Å². The van der Waals surface area contributed by atoms with Crippen LogP contribution in [-0.4, -0.2) is 22.6 Å². The maximum absolute atomic E-state index is 12.2. The second kappa shape index (κ2) is 5.59. The number of Topliss-reactive ketones (excluding diaryl/α,β-unsaturated/α-hetero) is 1. The Morgan fingerprint density at radius 2 is 1.95 bits per heavy atom. The van der Waals surface area contributed by atoms with Gasteiger partial charge in [0.05, 0.1) is 11.6 Å². The second-order valence-corrected chi connectivity index (χ2v) is 5.01. The molecule has 104 valence electrons. The Labute approximate surface area is 121 Å². The van der Waals surface area contributed by atoms with Crippen molar-refractivity contribution in [2.75, 3.05) is 0 Å². The van der Waals surface area contributed by atoms with Crippen molar-refractivity contribution in [2.24, 2.45) is 10.9 Å². The zero-order valence-electron chi connectivity index (χ0n) is 11.2. The van der Waals surface area contributed by atoms with Gasteiger partial charge < -0.3 is 5.11 Å². The Hall–Kier alpha value is -1.94. The molecule has 20 heavy (non-hydrogen) atoms. The van der Waals surface area contributed by atoms with E-state index in [0.29, 0.717) is 22.7 Å². The van der Waals surface area contributed by atoms with Crippen LogP contribution in [0.25, 0.3) is 5.70 Å². The van der Waals surface area contributed by atoms with Gasteiger partial charge in [0, 0.05) is 16.3 Å². The van der Waals surface area contributed by atoms with Crippen molar-refractivity contribution in [1.82, 2.24) is 0 Å². The first-order valence-electron chi connectivity index (χ1n) is 6.30. The fraction of sp³-hybridized carbons (Fsp3) is 0.267. The molecule has 1 atom stereocenters. The Bertz CT molecular complexity index is 629. The van der Waals surface area contributed by atoms with Gasteiger partial charge in [-0.2, -0.15) is 0 Å². The lowest BCUT2D eigenvalue weighted by molar-refractivity contribution is -0.134. The van der Waals surface area contributed by atoms with Crippen molar-refractivity contribution in [3.63, 3.8) is 0 Å². The highest BCUT2D eigenvalue weighted by atomic mass is 35.5. The molecule has 0 spiro atoms. The van der Waals surface area contributed by atoms with Crippen molar-refractivity contribution < 1.29 is 14.7 Å². The van der Waals surface area contributed by atoms with E-state index in [0.717, 1.165) is 0 Å². The Kier molecular flexibility index (Phi) is 4.04. The number of hydrogen-bond donors (Lipinski definition) is 1. The maximum atomic E-state index is 12.2. The maximum Gasteiger partial charge on any atom is 0.341 e. The summed E-state index contributed by atoms with van der Waals surface area (Å²) in [5.74, 6) is -2.12. The van der Waals surface area contributed by atoms with Crippen LogP contribution >= 0.6 is 11.6 Å². The molecule has 0 aliphatic carbocycles. The standard InChI is InChI=1S/C15H14ClNO3/c1-3-11-8(2)14(18)12(15(19)20)13(17-11)9-4-6-10(16)7-5-9/h4-8H,3H2,1-2H3,(H,19,20). The number of carboxylic acids is 1. The van der Waals surface area contributed by atoms with Crippen molar-refractivity contribution in [1.29, 1.82) is 0 Å². The van der Waals surface area contributed by atoms with Gasteiger partial charge in [0.2, 0.25) is 0 Å². The van der Waals surface area contributed by atoms with Crippen LogP contribution in [0.4, 0.5) is 0 Å². The van der Waals surface area contributed by atoms with Gasteiger partial charge in [0.25, 0.3) is 0 Å². The van der Waals surface area contributed by atoms with Crippen LogP contribution in [0.3, 0.4) is 0 Å². The van der Waals surface area contributed by atoms with Gasteiger partial charge in [-0.05, 0) is 25.5 Å². The molecule has 1 aliphatic rings. The van der Waals surface area contributed by atoms with Gasteiger partial charge in [-0.15, -0.1) is 0 Å². The van der Waals surface area contributed by atoms with Crippen LogP contribution in [0.1, 0.15) is 25.8 Å². The van der Waals surface area contributed by atoms with E-state index >= 15 is 0 Å². The molecule has 1 N–H and O–H groups in total. The summed E-state index contributed by atoms with van der Waals surface area (Å²) in [5.41, 5.74) is 1.24. The summed E-state index contributed by atoms with van der Waals surface area (Å²) in [6.45, 7) is 3.58. The van der Waals surface area contributed by atoms with Crippen LogP contribution < -0.4 is 0 Å². The summed E-state index contributed by atoms with van der Waals surface area (Å²) in [6, 6.07) is 6.63. The minimum atomic E-state index is -1.24. The highest BCUT2D eigenvalue weighted by Gasteiger charge is 2.33. The third kappa shape index (κ3) is 2.51. The average Bonchev–Trinajstić information content (AvgIpc) is 2.42. The zero-order valence-corrected chi connectivity index (χ0v) is 11.9. The number of carbonyl (C=O) groups is 2. The third-order valence-corrected chi connectivity index (χ3v) is 3.58. The van der Waals surface area contributed by atoms with Gasteiger partial charge >= 0.3 is 5.97 Å². The highest BCUT2D eigenvalue weighted by Crippen LogP contribution is 2.30. The molecule has 0 fully saturated rings. The molecule has 1 unspecified atom stereocenters. The second-order valence-electron chi connectivity index (χ2n) is 4.58. The number of carboxylic acid groups (broad SMARTS) is 1. The fourth-order valence-corrected chi connectivity index (χ4v) is 2.32. The monoisotopic (exact) mass is 291 g/mol. The number of rotatable bonds is 3. The van der Waals surface area contributed by atoms with Gasteiger partial charge in [0.15, 0.2) is 5.78 Å². The van der Waals surface area contributed by atoms with E-state index in [-0.39, 0.29) is 11.3 Å². The predicted octanol–water partition coefficient (Wildman–Crippen LogP) is 3.21. The number of aliphatic imine (C=N–C) groups is 1. The van der Waals surface area contributed by atoms with Crippen molar-refractivity contribution >= 4 is 34.8 Å². The van der Waals surface area contributed by atoms with Gasteiger partial charge in [-0.25, -0.2) is 4.79 Å². The lowest BCUT2D eigenvalue weighted by atomic mass is 9.88. The van der Waals surface area contributed by atoms with E-state index in [2.05, 4.69) is 4.99 Å². The first-order valence-corrected chi connectivity index (χ1v) is 6.68. The zero-order chi connectivity index (χ0) is 14.9. The van der Waals surface area contributed by atoms with Crippen LogP contribution in [0.5, 0.6) is 0 Å². The topological polar surface area (TPSA) is 66.7 Å². The van der Waals surface area contributed by atoms with E-state index in [1.54, 1.807) is 31.2 Å². The van der Waals surface area contributed by atoms with Crippen molar-refractivity contribution in [3.8, 4) is 0 Å². The van der Waals surface area contributed by atoms with Crippen LogP contribution in [0.15, 0.2) is 34.8 Å². The summed E-state index contributed by atoms with van der Waals surface area (Å²) in [4.78, 5) is 28.0. The molecule has 1 heterocycles. The molecular weight excluding hydrogens is 278 g/mol. The number of nitrogens with zero attached hydrogens (tertiary/aromatic N) is 1. The number of ketones is 1. The number of aliphatic carboxylic acids is 1. The SMILES string of the molecule is CCC1=NC(c2ccc(Cl)cc2)=C(C(=O)O)C(=O)C1C. The predicted molar refractivity (Wildman–Crippen MR) is 77.9 cm³/mol. The molecule has 0 aromatic heterocycles. The Morgan fingerprint density at radius 3 is 2.45 bits per heavy atom. The summed E-state index contributed by atoms with van der Waals surface area (Å²) < 4.78 is 0. The number of benzene rings is 1. The molecular formula is C15H14ClNO3. The summed E-state index contributed by atoms with van der Waals surface area (Å²) in [7, 11) is 0. The molecule has 0 bridgehead atoms. The lowest BCUT2D eigenvalue weighted by Crippen LogP contribution is -2.30. The van der Waals surface area contributed by atoms with Crippen LogP contribution in [-0.2, 0) is 9.59 Å². The molecule has 0 amide bonds. The Morgan fingerprint density at radius 1 is 1.35 bits per heavy atom. The molecule has 0 radical (unpaired) electrons. The number of halogens is 1. The molecule has 5 heteroatoms. The third-order valence-electron chi connectivity index (χ3n) is 3.33. The minimum absolute atomic E-state index is 0.217. The quantitative estimate of drug-likeness (QED) is 0.870. The number of carbonyl (C=O) groups excluding carboxylic acids is 1. The molecule has 1 aromatic rings. The van der Waals surface area contributed by atoms with Crippen LogP contribution in [0, 0.1) is 5.92 Å². The van der Waals surface area contributed by atoms with Crippen LogP contribution in [0.2, 0.25) is 5.02 Å². The Balaban J connectivity index is 2.65. The van der Waals surface area contributed by atoms with Gasteiger partial charge in [-0.1, -0.05) is 30.7 Å². The first kappa shape index (κ1) is 14.5. The summed E-state index contributed by atoms with van der Waals surface area (Å²) >= 11 is 5.82. The molecule has 0 saturated carbocycles. The number of hydrogen-bond acceptors (Lipinski definition) is 3. The molecule has 2 rings (SSSR count). The van der Waals surface area contributed by atoms with E-state index in [4.69, 9.17) is 11.6 Å². The summed E-state index contributed by atoms with van der Waals surface area (Å²) in [6.07, 6.45) is 0.608. The first-order chi connectivity index (χ1) is 9.45. The highest BCUT2D eigenvalue weighted by molar-refractivity contribution is 6.31. The molecule has 0 saturated heterocycles. The fourth-order valence-electron chi connectivity index (χ4n) is 2.19. The van der Waals surface area contributed by atoms with E-state index in [1.807, 2.05) is 6.92 Å². The lowest BCUT2D eigenvalue weighted by Gasteiger charge is -2.21. The molecule has 1 aromatic carbocycles. The van der Waals surface area contributed by atoms with Crippen molar-refractivity contribution in [3.05, 3.63) is 40.4 Å². The minimum Gasteiger partial charge on any atom is -0.477 e. The van der Waals surface area contributed by atoms with Gasteiger partial charge in [-0.3, -0.25) is 9.79 Å². The van der Waals surface area contributed by atoms with E-state index < -0.39 is 17.7 Å².